The van der Waals surface area contributed by atoms with E-state index in [-0.39, 0.29) is 0 Å². The molecule has 3 aromatic carbocycles. The summed E-state index contributed by atoms with van der Waals surface area (Å²) in [5, 5.41) is 0.714. The molecular weight excluding hydrogens is 394 g/mol. The number of aryl methyl sites for hydroxylation is 2. The molecule has 30 heavy (non-hydrogen) atoms. The molecular formula is C26H24ClNO2. The lowest BCUT2D eigenvalue weighted by Crippen LogP contribution is -1.87. The van der Waals surface area contributed by atoms with Crippen molar-refractivity contribution >= 4 is 11.6 Å². The first-order valence-corrected chi connectivity index (χ1v) is 10.2. The van der Waals surface area contributed by atoms with Crippen LogP contribution in [0.2, 0.25) is 5.02 Å². The summed E-state index contributed by atoms with van der Waals surface area (Å²) in [5.74, 6) is 3.08. The molecule has 4 rings (SSSR count). The van der Waals surface area contributed by atoms with Gasteiger partial charge in [0.15, 0.2) is 0 Å². The minimum Gasteiger partial charge on any atom is -0.457 e. The Hall–Kier alpha value is -3.30. The van der Waals surface area contributed by atoms with Crippen molar-refractivity contribution < 1.29 is 9.47 Å². The number of nitrogens with zero attached hydrogens (tertiary/aromatic N) is 1. The van der Waals surface area contributed by atoms with Gasteiger partial charge < -0.3 is 9.47 Å². The second-order valence-electron chi connectivity index (χ2n) is 6.64. The predicted molar refractivity (Wildman–Crippen MR) is 123 cm³/mol. The van der Waals surface area contributed by atoms with E-state index in [1.54, 1.807) is 6.20 Å². The second kappa shape index (κ2) is 11.0. The number of hydrogen-bond donors (Lipinski definition) is 0. The van der Waals surface area contributed by atoms with Crippen LogP contribution in [0.1, 0.15) is 18.1 Å². The number of pyridine rings is 1. The standard InChI is InChI=1S/C13H11ClO.C13H13NO/c1-10-2-6-12(7-3-10)15-13-8-4-11(14)5-9-13;1-2-11-6-8-12(9-7-11)15-13-5-3-4-10-14-13/h2-9H,1H3;3-10H,2H2,1H3. The Morgan fingerprint density at radius 2 is 1.27 bits per heavy atom. The highest BCUT2D eigenvalue weighted by Gasteiger charge is 1.97. The highest BCUT2D eigenvalue weighted by Crippen LogP contribution is 2.23. The quantitative estimate of drug-likeness (QED) is 0.331. The summed E-state index contributed by atoms with van der Waals surface area (Å²) >= 11 is 5.78. The molecule has 0 radical (unpaired) electrons. The summed E-state index contributed by atoms with van der Waals surface area (Å²) in [5.41, 5.74) is 2.53. The SMILES string of the molecule is CCc1ccc(Oc2ccccn2)cc1.Cc1ccc(Oc2ccc(Cl)cc2)cc1. The van der Waals surface area contributed by atoms with Crippen LogP contribution in [0.4, 0.5) is 0 Å². The van der Waals surface area contributed by atoms with Crippen molar-refractivity contribution in [3.05, 3.63) is 113 Å². The summed E-state index contributed by atoms with van der Waals surface area (Å²) in [6, 6.07) is 28.9. The van der Waals surface area contributed by atoms with E-state index in [1.165, 1.54) is 11.1 Å². The molecule has 0 fully saturated rings. The van der Waals surface area contributed by atoms with Crippen molar-refractivity contribution in [2.24, 2.45) is 0 Å². The van der Waals surface area contributed by atoms with Crippen molar-refractivity contribution in [3.63, 3.8) is 0 Å². The van der Waals surface area contributed by atoms with Gasteiger partial charge in [0.05, 0.1) is 0 Å². The molecule has 0 atom stereocenters. The molecule has 0 N–H and O–H groups in total. The minimum absolute atomic E-state index is 0.627. The zero-order valence-electron chi connectivity index (χ0n) is 17.1. The van der Waals surface area contributed by atoms with E-state index in [2.05, 4.69) is 24.0 Å². The minimum atomic E-state index is 0.627. The summed E-state index contributed by atoms with van der Waals surface area (Å²) in [4.78, 5) is 4.09. The zero-order chi connectivity index (χ0) is 21.2. The average molecular weight is 418 g/mol. The molecule has 0 aliphatic rings. The number of rotatable bonds is 5. The van der Waals surface area contributed by atoms with Crippen LogP contribution in [0.5, 0.6) is 23.1 Å². The predicted octanol–water partition coefficient (Wildman–Crippen LogP) is 7.88. The lowest BCUT2D eigenvalue weighted by atomic mass is 10.2. The van der Waals surface area contributed by atoms with Crippen LogP contribution >= 0.6 is 11.6 Å². The Labute approximate surface area is 182 Å². The first-order chi connectivity index (χ1) is 14.6. The van der Waals surface area contributed by atoms with Crippen molar-refractivity contribution in [3.8, 4) is 23.1 Å². The first kappa shape index (κ1) is 21.4. The van der Waals surface area contributed by atoms with Gasteiger partial charge in [-0.25, -0.2) is 4.98 Å². The van der Waals surface area contributed by atoms with E-state index in [9.17, 15) is 0 Å². The lowest BCUT2D eigenvalue weighted by Gasteiger charge is -2.05. The summed E-state index contributed by atoms with van der Waals surface area (Å²) in [6.45, 7) is 4.18. The van der Waals surface area contributed by atoms with Crippen molar-refractivity contribution in [2.45, 2.75) is 20.3 Å². The van der Waals surface area contributed by atoms with Gasteiger partial charge in [0, 0.05) is 17.3 Å². The molecule has 4 aromatic rings. The van der Waals surface area contributed by atoms with Crippen LogP contribution in [0.15, 0.2) is 97.2 Å². The molecule has 0 amide bonds. The van der Waals surface area contributed by atoms with Crippen LogP contribution in [0.25, 0.3) is 0 Å². The smallest absolute Gasteiger partial charge is 0.219 e. The summed E-state index contributed by atoms with van der Waals surface area (Å²) in [7, 11) is 0. The van der Waals surface area contributed by atoms with Crippen LogP contribution in [0, 0.1) is 6.92 Å². The Morgan fingerprint density at radius 3 is 1.83 bits per heavy atom. The summed E-state index contributed by atoms with van der Waals surface area (Å²) in [6.07, 6.45) is 2.76. The van der Waals surface area contributed by atoms with Crippen LogP contribution in [-0.4, -0.2) is 4.98 Å². The Morgan fingerprint density at radius 1 is 0.700 bits per heavy atom. The molecule has 4 heteroatoms. The Kier molecular flexibility index (Phi) is 7.87. The molecule has 0 aliphatic carbocycles. The third-order valence-corrected chi connectivity index (χ3v) is 4.51. The van der Waals surface area contributed by atoms with Gasteiger partial charge >= 0.3 is 0 Å². The van der Waals surface area contributed by atoms with E-state index in [0.717, 1.165) is 23.7 Å². The number of benzene rings is 3. The maximum Gasteiger partial charge on any atom is 0.219 e. The van der Waals surface area contributed by atoms with Crippen LogP contribution < -0.4 is 9.47 Å². The number of ether oxygens (including phenoxy) is 2. The van der Waals surface area contributed by atoms with Gasteiger partial charge in [0.1, 0.15) is 17.2 Å². The van der Waals surface area contributed by atoms with Crippen LogP contribution in [-0.2, 0) is 6.42 Å². The lowest BCUT2D eigenvalue weighted by molar-refractivity contribution is 0.463. The van der Waals surface area contributed by atoms with E-state index in [4.69, 9.17) is 21.1 Å². The zero-order valence-corrected chi connectivity index (χ0v) is 17.8. The molecule has 0 bridgehead atoms. The average Bonchev–Trinajstić information content (AvgIpc) is 2.79. The molecule has 0 unspecified atom stereocenters. The van der Waals surface area contributed by atoms with Gasteiger partial charge in [0.25, 0.3) is 0 Å². The molecule has 3 nitrogen and oxygen atoms in total. The molecule has 0 saturated carbocycles. The van der Waals surface area contributed by atoms with Crippen LogP contribution in [0.3, 0.4) is 0 Å². The first-order valence-electron chi connectivity index (χ1n) is 9.80. The van der Waals surface area contributed by atoms with Crippen molar-refractivity contribution in [1.82, 2.24) is 4.98 Å². The molecule has 152 valence electrons. The third-order valence-electron chi connectivity index (χ3n) is 4.26. The van der Waals surface area contributed by atoms with Gasteiger partial charge in [-0.2, -0.15) is 0 Å². The molecule has 0 spiro atoms. The fourth-order valence-corrected chi connectivity index (χ4v) is 2.69. The molecule has 1 aromatic heterocycles. The van der Waals surface area contributed by atoms with E-state index in [1.807, 2.05) is 85.8 Å². The monoisotopic (exact) mass is 417 g/mol. The van der Waals surface area contributed by atoms with Gasteiger partial charge in [0.2, 0.25) is 5.88 Å². The fraction of sp³-hybridized carbons (Fsp3) is 0.115. The number of halogens is 1. The summed E-state index contributed by atoms with van der Waals surface area (Å²) < 4.78 is 11.2. The largest absolute Gasteiger partial charge is 0.457 e. The topological polar surface area (TPSA) is 31.4 Å². The molecule has 0 saturated heterocycles. The normalized spacial score (nSPS) is 9.97. The Bertz CT molecular complexity index is 972. The molecule has 1 heterocycles. The fourth-order valence-electron chi connectivity index (χ4n) is 2.57. The number of aromatic nitrogens is 1. The van der Waals surface area contributed by atoms with E-state index in [0.29, 0.717) is 10.9 Å². The van der Waals surface area contributed by atoms with Crippen molar-refractivity contribution in [1.29, 1.82) is 0 Å². The highest BCUT2D eigenvalue weighted by molar-refractivity contribution is 6.30. The molecule has 0 aliphatic heterocycles. The van der Waals surface area contributed by atoms with Gasteiger partial charge in [-0.05, 0) is 73.5 Å². The second-order valence-corrected chi connectivity index (χ2v) is 7.07. The maximum atomic E-state index is 5.78. The number of hydrogen-bond acceptors (Lipinski definition) is 3. The van der Waals surface area contributed by atoms with Gasteiger partial charge in [-0.1, -0.05) is 54.4 Å². The Balaban J connectivity index is 0.000000171. The van der Waals surface area contributed by atoms with Crippen molar-refractivity contribution in [2.75, 3.05) is 0 Å². The van der Waals surface area contributed by atoms with E-state index < -0.39 is 0 Å². The highest BCUT2D eigenvalue weighted by atomic mass is 35.5. The van der Waals surface area contributed by atoms with E-state index >= 15 is 0 Å². The van der Waals surface area contributed by atoms with Gasteiger partial charge in [-0.15, -0.1) is 0 Å². The van der Waals surface area contributed by atoms with Gasteiger partial charge in [-0.3, -0.25) is 0 Å². The maximum absolute atomic E-state index is 5.78. The third kappa shape index (κ3) is 6.94.